The van der Waals surface area contributed by atoms with Gasteiger partial charge in [-0.2, -0.15) is 0 Å². The van der Waals surface area contributed by atoms with Gasteiger partial charge in [-0.05, 0) is 107 Å². The van der Waals surface area contributed by atoms with Gasteiger partial charge in [0, 0.05) is 18.1 Å². The minimum Gasteiger partial charge on any atom is -0.455 e. The van der Waals surface area contributed by atoms with Crippen LogP contribution in [0.1, 0.15) is 197 Å². The summed E-state index contributed by atoms with van der Waals surface area (Å²) in [5.74, 6) is -0.176. The lowest BCUT2D eigenvalue weighted by atomic mass is 10.0. The highest BCUT2D eigenvalue weighted by Crippen LogP contribution is 2.42. The molecule has 0 amide bonds. The normalized spacial score (nSPS) is 25.1. The zero-order valence-electron chi connectivity index (χ0n) is 39.8. The predicted molar refractivity (Wildman–Crippen MR) is 247 cm³/mol. The van der Waals surface area contributed by atoms with Gasteiger partial charge in [-0.15, -0.1) is 0 Å². The maximum absolute atomic E-state index is 12.3. The van der Waals surface area contributed by atoms with E-state index in [-0.39, 0.29) is 58.8 Å². The fraction of sp³-hybridized carbons (Fsp3) is 0.898. The Kier molecular flexibility index (Phi) is 22.0. The molecule has 0 radical (unpaired) electrons. The van der Waals surface area contributed by atoms with Gasteiger partial charge in [-0.25, -0.2) is 4.79 Å². The molecule has 338 valence electrons. The van der Waals surface area contributed by atoms with E-state index in [0.717, 1.165) is 63.4 Å². The summed E-state index contributed by atoms with van der Waals surface area (Å²) in [7, 11) is -3.88. The molecule has 2 saturated heterocycles. The van der Waals surface area contributed by atoms with Gasteiger partial charge in [0.25, 0.3) is 0 Å². The van der Waals surface area contributed by atoms with Gasteiger partial charge in [0.1, 0.15) is 6.10 Å². The van der Waals surface area contributed by atoms with E-state index in [1.165, 1.54) is 70.6 Å². The molecule has 0 saturated carbocycles. The number of aliphatic hydroxyl groups is 1. The smallest absolute Gasteiger partial charge is 0.334 e. The highest BCUT2D eigenvalue weighted by molar-refractivity contribution is 6.74. The van der Waals surface area contributed by atoms with Crippen molar-refractivity contribution in [1.82, 2.24) is 0 Å². The van der Waals surface area contributed by atoms with Crippen molar-refractivity contribution in [2.24, 2.45) is 0 Å². The van der Waals surface area contributed by atoms with Gasteiger partial charge >= 0.3 is 5.97 Å². The van der Waals surface area contributed by atoms with Gasteiger partial charge in [-0.3, -0.25) is 0 Å². The number of esters is 1. The molecule has 3 rings (SSSR count). The van der Waals surface area contributed by atoms with Crippen LogP contribution in [0.15, 0.2) is 23.8 Å². The molecule has 2 fully saturated rings. The fourth-order valence-electron chi connectivity index (χ4n) is 8.33. The van der Waals surface area contributed by atoms with Crippen LogP contribution in [0.25, 0.3) is 0 Å². The Bertz CT molecular complexity index is 1230. The lowest BCUT2D eigenvalue weighted by molar-refractivity contribution is -0.139. The van der Waals surface area contributed by atoms with Crippen LogP contribution in [0, 0.1) is 0 Å². The zero-order chi connectivity index (χ0) is 43.0. The Labute approximate surface area is 359 Å². The third kappa shape index (κ3) is 17.5. The van der Waals surface area contributed by atoms with Crippen LogP contribution in [0.3, 0.4) is 0 Å². The van der Waals surface area contributed by atoms with E-state index in [2.05, 4.69) is 86.8 Å². The molecule has 58 heavy (non-hydrogen) atoms. The Morgan fingerprint density at radius 3 is 1.81 bits per heavy atom. The molecule has 3 aliphatic rings. The molecule has 0 aliphatic carbocycles. The summed E-state index contributed by atoms with van der Waals surface area (Å²) in [6, 6.07) is 0. The van der Waals surface area contributed by atoms with Crippen molar-refractivity contribution in [1.29, 1.82) is 0 Å². The quantitative estimate of drug-likeness (QED) is 0.0363. The number of cyclic esters (lactones) is 1. The molecule has 0 spiro atoms. The number of rotatable bonds is 28. The minimum absolute atomic E-state index is 0.0646. The average Bonchev–Trinajstić information content (AvgIpc) is 3.89. The summed E-state index contributed by atoms with van der Waals surface area (Å²) >= 11 is 0. The van der Waals surface area contributed by atoms with Gasteiger partial charge in [0.2, 0.25) is 0 Å². The molecule has 0 unspecified atom stereocenters. The van der Waals surface area contributed by atoms with E-state index in [0.29, 0.717) is 12.8 Å². The number of allylic oxidation sites excluding steroid dienone is 1. The van der Waals surface area contributed by atoms with Crippen molar-refractivity contribution in [2.45, 2.75) is 282 Å². The first-order valence-corrected chi connectivity index (χ1v) is 30.0. The number of ether oxygens (including phenoxy) is 3. The number of carbonyl (C=O) groups excluding carboxylic acids is 1. The molecule has 3 heterocycles. The van der Waals surface area contributed by atoms with Gasteiger partial charge in [0.05, 0.1) is 36.6 Å². The molecule has 1 N–H and O–H groups in total. The average molecular weight is 849 g/mol. The third-order valence-electron chi connectivity index (χ3n) is 14.2. The van der Waals surface area contributed by atoms with Crippen LogP contribution >= 0.6 is 0 Å². The molecule has 0 aromatic heterocycles. The summed E-state index contributed by atoms with van der Waals surface area (Å²) in [5.41, 5.74) is 0.782. The first kappa shape index (κ1) is 51.5. The van der Waals surface area contributed by atoms with E-state index < -0.39 is 22.7 Å². The maximum Gasteiger partial charge on any atom is 0.334 e. The van der Waals surface area contributed by atoms with E-state index in [1.807, 2.05) is 13.0 Å². The Balaban J connectivity index is 1.34. The van der Waals surface area contributed by atoms with Gasteiger partial charge in [0.15, 0.2) is 16.6 Å². The highest BCUT2D eigenvalue weighted by atomic mass is 28.4. The topological polar surface area (TPSA) is 83.5 Å². The van der Waals surface area contributed by atoms with Crippen molar-refractivity contribution in [3.8, 4) is 0 Å². The van der Waals surface area contributed by atoms with Crippen molar-refractivity contribution < 1.29 is 33.0 Å². The van der Waals surface area contributed by atoms with Crippen LogP contribution in [0.4, 0.5) is 0 Å². The monoisotopic (exact) mass is 849 g/mol. The second-order valence-electron chi connectivity index (χ2n) is 21.4. The SMILES string of the molecule is CCCCCCCCCC[C@H](O[Si](C)(C)C(C)(C)C)[C@H]1CC[C@H]([C@H]2CC[C@H]([C@H](O)C/C=C/CCCCCCC[C@H](CC3=C[C@H](C)OC3=O)O[Si](C)(C)C(C)(C)C)O2)O1. The van der Waals surface area contributed by atoms with E-state index >= 15 is 0 Å². The summed E-state index contributed by atoms with van der Waals surface area (Å²) in [4.78, 5) is 12.3. The van der Waals surface area contributed by atoms with Crippen molar-refractivity contribution in [3.63, 3.8) is 0 Å². The number of carbonyl (C=O) groups is 1. The second-order valence-corrected chi connectivity index (χ2v) is 30.9. The standard InChI is InChI=1S/C49H92O7Si2/c1-13-14-15-16-17-22-25-28-31-46(56-58(11,12)49(6,7)8)45-35-34-44(54-45)43-33-32-42(53-43)41(50)30-27-24-21-19-18-20-23-26-29-40(55-57(9,10)48(3,4)5)37-39-36-38(2)52-47(39)51/h24,27,36,38,40-46,50H,13-23,25-26,28-35,37H2,1-12H3/b27-24+/t38-,40+,41+,42+,43+,44+,45+,46-/m0/s1. The van der Waals surface area contributed by atoms with Gasteiger partial charge < -0.3 is 28.2 Å². The lowest BCUT2D eigenvalue weighted by Crippen LogP contribution is -2.47. The molecule has 7 nitrogen and oxygen atoms in total. The van der Waals surface area contributed by atoms with Crippen LogP contribution in [-0.4, -0.2) is 76.5 Å². The molecule has 3 aliphatic heterocycles. The van der Waals surface area contributed by atoms with Crippen LogP contribution < -0.4 is 0 Å². The first-order chi connectivity index (χ1) is 27.2. The lowest BCUT2D eigenvalue weighted by Gasteiger charge is -2.41. The molecule has 8 atom stereocenters. The number of hydrogen-bond acceptors (Lipinski definition) is 7. The van der Waals surface area contributed by atoms with Crippen molar-refractivity contribution in [3.05, 3.63) is 23.8 Å². The summed E-state index contributed by atoms with van der Waals surface area (Å²) < 4.78 is 32.6. The van der Waals surface area contributed by atoms with Crippen molar-refractivity contribution in [2.75, 3.05) is 0 Å². The van der Waals surface area contributed by atoms with Crippen LogP contribution in [-0.2, 0) is 27.9 Å². The van der Waals surface area contributed by atoms with Crippen LogP contribution in [0.5, 0.6) is 0 Å². The summed E-state index contributed by atoms with van der Waals surface area (Å²) in [6.45, 7) is 27.4. The summed E-state index contributed by atoms with van der Waals surface area (Å²) in [6.07, 6.45) is 31.0. The molecule has 9 heteroatoms. The Morgan fingerprint density at radius 1 is 0.724 bits per heavy atom. The van der Waals surface area contributed by atoms with Gasteiger partial charge in [-0.1, -0.05) is 138 Å². The van der Waals surface area contributed by atoms with E-state index in [1.54, 1.807) is 0 Å². The summed E-state index contributed by atoms with van der Waals surface area (Å²) in [5, 5.41) is 11.4. The number of unbranched alkanes of at least 4 members (excludes halogenated alkanes) is 12. The predicted octanol–water partition coefficient (Wildman–Crippen LogP) is 13.7. The molecule has 0 aromatic rings. The van der Waals surface area contributed by atoms with Crippen LogP contribution in [0.2, 0.25) is 36.3 Å². The minimum atomic E-state index is -1.95. The first-order valence-electron chi connectivity index (χ1n) is 24.2. The molecule has 0 bridgehead atoms. The third-order valence-corrected chi connectivity index (χ3v) is 23.2. The molecule has 0 aromatic carbocycles. The Hall–Kier alpha value is -0.816. The van der Waals surface area contributed by atoms with E-state index in [4.69, 9.17) is 23.1 Å². The zero-order valence-corrected chi connectivity index (χ0v) is 41.8. The highest BCUT2D eigenvalue weighted by Gasteiger charge is 2.45. The van der Waals surface area contributed by atoms with E-state index in [9.17, 15) is 9.90 Å². The van der Waals surface area contributed by atoms with Crippen molar-refractivity contribution >= 4 is 22.6 Å². The molecular weight excluding hydrogens is 757 g/mol. The fourth-order valence-corrected chi connectivity index (χ4v) is 11.1. The Morgan fingerprint density at radius 2 is 1.24 bits per heavy atom. The number of aliphatic hydroxyl groups excluding tert-OH is 1. The maximum atomic E-state index is 12.3. The number of hydrogen-bond donors (Lipinski definition) is 1. The molecular formula is C49H92O7Si2. The second kappa shape index (κ2) is 24.7. The largest absolute Gasteiger partial charge is 0.455 e.